The molecule has 0 fully saturated rings. The highest BCUT2D eigenvalue weighted by atomic mass is 35.5. The lowest BCUT2D eigenvalue weighted by molar-refractivity contribution is 0.373. The number of phenolic OH excluding ortho intramolecular Hbond substituents is 1. The van der Waals surface area contributed by atoms with E-state index in [0.717, 1.165) is 11.1 Å². The molecule has 0 saturated carbocycles. The van der Waals surface area contributed by atoms with Gasteiger partial charge in [-0.3, -0.25) is 0 Å². The second kappa shape index (κ2) is 8.41. The quantitative estimate of drug-likeness (QED) is 0.719. The summed E-state index contributed by atoms with van der Waals surface area (Å²) in [5.74, 6) is 0.550. The molecule has 0 aliphatic carbocycles. The Morgan fingerprint density at radius 3 is 2.70 bits per heavy atom. The molecule has 0 heterocycles. The number of methoxy groups -OCH3 is 1. The summed E-state index contributed by atoms with van der Waals surface area (Å²) < 4.78 is 5.07. The Labute approximate surface area is 145 Å². The van der Waals surface area contributed by atoms with Gasteiger partial charge in [-0.25, -0.2) is 0 Å². The molecule has 0 aliphatic rings. The molecule has 0 unspecified atom stereocenters. The molecule has 2 rings (SSSR count). The molecule has 2 aromatic rings. The van der Waals surface area contributed by atoms with Crippen LogP contribution in [0, 0.1) is 0 Å². The monoisotopic (exact) mass is 348 g/mol. The maximum absolute atomic E-state index is 9.55. The van der Waals surface area contributed by atoms with Crippen molar-refractivity contribution in [3.63, 3.8) is 0 Å². The van der Waals surface area contributed by atoms with E-state index in [4.69, 9.17) is 28.6 Å². The highest BCUT2D eigenvalue weighted by Gasteiger charge is 2.02. The maximum atomic E-state index is 9.55. The summed E-state index contributed by atoms with van der Waals surface area (Å²) in [6, 6.07) is 12.6. The number of benzene rings is 2. The van der Waals surface area contributed by atoms with Gasteiger partial charge in [-0.2, -0.15) is 0 Å². The highest BCUT2D eigenvalue weighted by Crippen LogP contribution is 2.26. The van der Waals surface area contributed by atoms with Crippen molar-refractivity contribution in [3.05, 3.63) is 64.8 Å². The molecule has 0 amide bonds. The zero-order valence-electron chi connectivity index (χ0n) is 12.5. The molecule has 2 aromatic carbocycles. The molecule has 23 heavy (non-hydrogen) atoms. The Balaban J connectivity index is 1.82. The van der Waals surface area contributed by atoms with Gasteiger partial charge in [0, 0.05) is 17.8 Å². The normalized spacial score (nSPS) is 10.5. The third-order valence-corrected chi connectivity index (χ3v) is 3.57. The smallest absolute Gasteiger partial charge is 0.170 e. The van der Waals surface area contributed by atoms with Crippen LogP contribution in [0.3, 0.4) is 0 Å². The highest BCUT2D eigenvalue weighted by molar-refractivity contribution is 7.80. The summed E-state index contributed by atoms with van der Waals surface area (Å²) in [4.78, 5) is 0. The van der Waals surface area contributed by atoms with Gasteiger partial charge in [0.2, 0.25) is 0 Å². The van der Waals surface area contributed by atoms with E-state index in [1.54, 1.807) is 24.4 Å². The number of ether oxygens (including phenoxy) is 1. The predicted molar refractivity (Wildman–Crippen MR) is 97.7 cm³/mol. The number of phenols is 1. The first-order valence-corrected chi connectivity index (χ1v) is 7.69. The van der Waals surface area contributed by atoms with Gasteiger partial charge in [0.15, 0.2) is 16.6 Å². The van der Waals surface area contributed by atoms with E-state index in [1.807, 2.05) is 30.3 Å². The first-order chi connectivity index (χ1) is 11.1. The molecule has 0 bridgehead atoms. The number of hydrogen-bond donors (Lipinski definition) is 3. The van der Waals surface area contributed by atoms with E-state index in [-0.39, 0.29) is 5.75 Å². The van der Waals surface area contributed by atoms with Gasteiger partial charge >= 0.3 is 0 Å². The number of rotatable bonds is 5. The topological polar surface area (TPSA) is 53.5 Å². The van der Waals surface area contributed by atoms with Crippen LogP contribution in [0.25, 0.3) is 6.08 Å². The van der Waals surface area contributed by atoms with E-state index in [9.17, 15) is 5.11 Å². The molecule has 0 aromatic heterocycles. The summed E-state index contributed by atoms with van der Waals surface area (Å²) in [7, 11) is 1.51. The molecule has 120 valence electrons. The summed E-state index contributed by atoms with van der Waals surface area (Å²) >= 11 is 11.0. The zero-order valence-corrected chi connectivity index (χ0v) is 14.1. The molecule has 0 spiro atoms. The standard InChI is InChI=1S/C17H17ClN2O2S/c1-22-16-10-13(4-7-15(16)21)11-20-17(23)19-9-8-12-2-5-14(18)6-3-12/h2-10,21H,11H2,1H3,(H2,19,20,23)/b9-8+. The summed E-state index contributed by atoms with van der Waals surface area (Å²) in [5, 5.41) is 16.8. The number of aromatic hydroxyl groups is 1. The maximum Gasteiger partial charge on any atom is 0.170 e. The van der Waals surface area contributed by atoms with E-state index in [2.05, 4.69) is 10.6 Å². The van der Waals surface area contributed by atoms with E-state index < -0.39 is 0 Å². The van der Waals surface area contributed by atoms with Crippen molar-refractivity contribution < 1.29 is 9.84 Å². The number of halogens is 1. The molecule has 0 saturated heterocycles. The van der Waals surface area contributed by atoms with Crippen molar-refractivity contribution in [1.29, 1.82) is 0 Å². The van der Waals surface area contributed by atoms with Crippen LogP contribution in [0.1, 0.15) is 11.1 Å². The molecule has 0 radical (unpaired) electrons. The van der Waals surface area contributed by atoms with Crippen LogP contribution in [-0.4, -0.2) is 17.3 Å². The van der Waals surface area contributed by atoms with Gasteiger partial charge in [0.05, 0.1) is 7.11 Å². The SMILES string of the molecule is COc1cc(CNC(=S)N/C=C/c2ccc(Cl)cc2)ccc1O. The largest absolute Gasteiger partial charge is 0.504 e. The molecule has 0 aliphatic heterocycles. The lowest BCUT2D eigenvalue weighted by Gasteiger charge is -2.09. The van der Waals surface area contributed by atoms with Gasteiger partial charge in [0.1, 0.15) is 0 Å². The average molecular weight is 349 g/mol. The fourth-order valence-corrected chi connectivity index (χ4v) is 2.12. The van der Waals surface area contributed by atoms with Crippen molar-refractivity contribution in [1.82, 2.24) is 10.6 Å². The Morgan fingerprint density at radius 1 is 1.26 bits per heavy atom. The third kappa shape index (κ3) is 5.47. The van der Waals surface area contributed by atoms with Gasteiger partial charge in [-0.15, -0.1) is 0 Å². The lowest BCUT2D eigenvalue weighted by Crippen LogP contribution is -2.31. The first-order valence-electron chi connectivity index (χ1n) is 6.91. The molecule has 3 N–H and O–H groups in total. The predicted octanol–water partition coefficient (Wildman–Crippen LogP) is 3.69. The summed E-state index contributed by atoms with van der Waals surface area (Å²) in [6.45, 7) is 0.525. The van der Waals surface area contributed by atoms with Gasteiger partial charge in [-0.05, 0) is 53.7 Å². The van der Waals surface area contributed by atoms with Crippen LogP contribution in [0.15, 0.2) is 48.7 Å². The second-order valence-corrected chi connectivity index (χ2v) is 5.56. The molecule has 0 atom stereocenters. The lowest BCUT2D eigenvalue weighted by atomic mass is 10.2. The average Bonchev–Trinajstić information content (AvgIpc) is 2.56. The number of nitrogens with one attached hydrogen (secondary N) is 2. The molecular formula is C17H17ClN2O2S. The third-order valence-electron chi connectivity index (χ3n) is 3.06. The fourth-order valence-electron chi connectivity index (χ4n) is 1.85. The van der Waals surface area contributed by atoms with Crippen molar-refractivity contribution in [2.75, 3.05) is 7.11 Å². The van der Waals surface area contributed by atoms with Crippen LogP contribution in [-0.2, 0) is 6.54 Å². The van der Waals surface area contributed by atoms with Crippen molar-refractivity contribution in [2.45, 2.75) is 6.54 Å². The summed E-state index contributed by atoms with van der Waals surface area (Å²) in [5.41, 5.74) is 1.97. The van der Waals surface area contributed by atoms with Crippen molar-refractivity contribution in [2.24, 2.45) is 0 Å². The van der Waals surface area contributed by atoms with Gasteiger partial charge < -0.3 is 20.5 Å². The summed E-state index contributed by atoms with van der Waals surface area (Å²) in [6.07, 6.45) is 3.66. The Hall–Kier alpha value is -2.24. The number of thiocarbonyl (C=S) groups is 1. The van der Waals surface area contributed by atoms with Crippen LogP contribution in [0.2, 0.25) is 5.02 Å². The van der Waals surface area contributed by atoms with Crippen molar-refractivity contribution >= 4 is 35.0 Å². The minimum atomic E-state index is 0.114. The fraction of sp³-hybridized carbons (Fsp3) is 0.118. The van der Waals surface area contributed by atoms with Crippen LogP contribution >= 0.6 is 23.8 Å². The van der Waals surface area contributed by atoms with E-state index in [1.165, 1.54) is 7.11 Å². The van der Waals surface area contributed by atoms with Gasteiger partial charge in [-0.1, -0.05) is 29.8 Å². The minimum absolute atomic E-state index is 0.114. The molecule has 6 heteroatoms. The molecule has 4 nitrogen and oxygen atoms in total. The van der Waals surface area contributed by atoms with E-state index >= 15 is 0 Å². The Morgan fingerprint density at radius 2 is 2.00 bits per heavy atom. The van der Waals surface area contributed by atoms with Crippen molar-refractivity contribution in [3.8, 4) is 11.5 Å². The minimum Gasteiger partial charge on any atom is -0.504 e. The van der Waals surface area contributed by atoms with Gasteiger partial charge in [0.25, 0.3) is 0 Å². The Bertz CT molecular complexity index is 702. The van der Waals surface area contributed by atoms with Crippen LogP contribution < -0.4 is 15.4 Å². The number of hydrogen-bond acceptors (Lipinski definition) is 3. The zero-order chi connectivity index (χ0) is 16.7. The van der Waals surface area contributed by atoms with Crippen LogP contribution in [0.4, 0.5) is 0 Å². The first kappa shape index (κ1) is 17.1. The van der Waals surface area contributed by atoms with Crippen LogP contribution in [0.5, 0.6) is 11.5 Å². The second-order valence-electron chi connectivity index (χ2n) is 4.72. The Kier molecular flexibility index (Phi) is 6.26. The molecular weight excluding hydrogens is 332 g/mol. The van der Waals surface area contributed by atoms with E-state index in [0.29, 0.717) is 22.4 Å².